The lowest BCUT2D eigenvalue weighted by atomic mass is 9.72. The molecule has 0 bridgehead atoms. The van der Waals surface area contributed by atoms with Crippen LogP contribution in [0, 0.1) is 22.7 Å². The Balaban J connectivity index is 1.35. The zero-order valence-corrected chi connectivity index (χ0v) is 24.0. The van der Waals surface area contributed by atoms with Crippen molar-refractivity contribution in [3.63, 3.8) is 0 Å². The number of halogens is 1. The predicted molar refractivity (Wildman–Crippen MR) is 156 cm³/mol. The van der Waals surface area contributed by atoms with Crippen LogP contribution in [0.1, 0.15) is 56.6 Å². The number of ketones is 1. The molecule has 40 heavy (non-hydrogen) atoms. The Hall–Kier alpha value is -3.15. The lowest BCUT2D eigenvalue weighted by Crippen LogP contribution is -2.40. The lowest BCUT2D eigenvalue weighted by molar-refractivity contribution is -0.125. The summed E-state index contributed by atoms with van der Waals surface area (Å²) in [6.07, 6.45) is 7.76. The highest BCUT2D eigenvalue weighted by Crippen LogP contribution is 2.51. The van der Waals surface area contributed by atoms with Crippen molar-refractivity contribution >= 4 is 32.9 Å². The van der Waals surface area contributed by atoms with Gasteiger partial charge in [0.1, 0.15) is 5.78 Å². The van der Waals surface area contributed by atoms with Crippen LogP contribution >= 0.6 is 11.6 Å². The van der Waals surface area contributed by atoms with Crippen molar-refractivity contribution in [3.8, 4) is 22.9 Å². The summed E-state index contributed by atoms with van der Waals surface area (Å²) in [6, 6.07) is 18.2. The maximum absolute atomic E-state index is 13.6. The highest BCUT2D eigenvalue weighted by Gasteiger charge is 2.47. The van der Waals surface area contributed by atoms with Crippen molar-refractivity contribution in [2.45, 2.75) is 50.9 Å². The Morgan fingerprint density at radius 2 is 1.77 bits per heavy atom. The molecule has 0 N–H and O–H groups in total. The van der Waals surface area contributed by atoms with Gasteiger partial charge in [-0.15, -0.1) is 0 Å². The van der Waals surface area contributed by atoms with Crippen LogP contribution in [-0.2, 0) is 14.6 Å². The minimum absolute atomic E-state index is 0.0156. The normalized spacial score (nSPS) is 23.4. The van der Waals surface area contributed by atoms with Gasteiger partial charge in [0.05, 0.1) is 34.4 Å². The molecule has 208 valence electrons. The molecule has 0 amide bonds. The first-order valence-electron chi connectivity index (χ1n) is 14.1. The third kappa shape index (κ3) is 5.55. The van der Waals surface area contributed by atoms with Crippen LogP contribution in [0.15, 0.2) is 54.7 Å². The van der Waals surface area contributed by atoms with Crippen LogP contribution in [0.3, 0.4) is 0 Å². The number of sulfone groups is 1. The zero-order chi connectivity index (χ0) is 27.9. The number of nitrogens with zero attached hydrogens (tertiary/aromatic N) is 4. The first-order chi connectivity index (χ1) is 19.3. The molecule has 2 aliphatic carbocycles. The van der Waals surface area contributed by atoms with E-state index < -0.39 is 15.3 Å². The number of aromatic nitrogens is 2. The number of nitriles is 1. The average molecular weight is 577 g/mol. The van der Waals surface area contributed by atoms with E-state index >= 15 is 0 Å². The van der Waals surface area contributed by atoms with Gasteiger partial charge < -0.3 is 4.90 Å². The van der Waals surface area contributed by atoms with Gasteiger partial charge in [0.25, 0.3) is 0 Å². The van der Waals surface area contributed by atoms with E-state index in [4.69, 9.17) is 16.7 Å². The van der Waals surface area contributed by atoms with Gasteiger partial charge in [-0.3, -0.25) is 4.79 Å². The second-order valence-electron chi connectivity index (χ2n) is 11.6. The van der Waals surface area contributed by atoms with Crippen LogP contribution < -0.4 is 4.90 Å². The fourth-order valence-corrected chi connectivity index (χ4v) is 7.63. The summed E-state index contributed by atoms with van der Waals surface area (Å²) in [5.74, 6) is 0.390. The number of Topliss-reactive ketones (excluding diaryl/α,β-unsaturated/α-hetero) is 1. The van der Waals surface area contributed by atoms with Crippen molar-refractivity contribution in [2.75, 3.05) is 29.5 Å². The second-order valence-corrected chi connectivity index (χ2v) is 14.3. The SMILES string of the molecule is N#CC1(CC(=O)[C@@H]2CCCC[C@H]2c2nn(-c3cccc(Cl)c3)cc2-c2ccc(N3CCS(=O)(=O)CC3)cc2)CC1. The molecule has 3 fully saturated rings. The van der Waals surface area contributed by atoms with E-state index in [2.05, 4.69) is 23.1 Å². The number of hydrogen-bond acceptors (Lipinski definition) is 6. The van der Waals surface area contributed by atoms with Crippen molar-refractivity contribution in [3.05, 3.63) is 65.4 Å². The summed E-state index contributed by atoms with van der Waals surface area (Å²) in [5, 5.41) is 15.3. The molecule has 7 nitrogen and oxygen atoms in total. The fourth-order valence-electron chi connectivity index (χ4n) is 6.24. The summed E-state index contributed by atoms with van der Waals surface area (Å²) in [7, 11) is -2.95. The molecule has 3 aromatic rings. The number of rotatable bonds is 7. The van der Waals surface area contributed by atoms with Gasteiger partial charge >= 0.3 is 0 Å². The van der Waals surface area contributed by atoms with E-state index in [0.29, 0.717) is 24.5 Å². The van der Waals surface area contributed by atoms with Gasteiger partial charge in [0.2, 0.25) is 0 Å². The van der Waals surface area contributed by atoms with Gasteiger partial charge in [-0.1, -0.05) is 42.6 Å². The molecule has 2 atom stereocenters. The smallest absolute Gasteiger partial charge is 0.153 e. The third-order valence-corrected chi connectivity index (χ3v) is 10.7. The first-order valence-corrected chi connectivity index (χ1v) is 16.3. The Bertz CT molecular complexity index is 1560. The maximum Gasteiger partial charge on any atom is 0.153 e. The highest BCUT2D eigenvalue weighted by molar-refractivity contribution is 7.91. The Morgan fingerprint density at radius 1 is 1.05 bits per heavy atom. The summed E-state index contributed by atoms with van der Waals surface area (Å²) in [4.78, 5) is 15.7. The van der Waals surface area contributed by atoms with E-state index in [9.17, 15) is 18.5 Å². The average Bonchev–Trinajstić information content (AvgIpc) is 3.59. The molecule has 1 aromatic heterocycles. The number of benzene rings is 2. The van der Waals surface area contributed by atoms with Gasteiger partial charge in [-0.05, 0) is 61.6 Å². The number of carbonyl (C=O) groups excluding carboxylic acids is 1. The Labute approximate surface area is 240 Å². The van der Waals surface area contributed by atoms with Crippen LogP contribution in [0.25, 0.3) is 16.8 Å². The van der Waals surface area contributed by atoms with Crippen LogP contribution in [0.5, 0.6) is 0 Å². The van der Waals surface area contributed by atoms with Crippen molar-refractivity contribution in [1.29, 1.82) is 5.26 Å². The molecule has 1 aliphatic heterocycles. The van der Waals surface area contributed by atoms with Crippen molar-refractivity contribution < 1.29 is 13.2 Å². The second kappa shape index (κ2) is 10.7. The van der Waals surface area contributed by atoms with Crippen LogP contribution in [0.2, 0.25) is 5.02 Å². The van der Waals surface area contributed by atoms with E-state index in [1.54, 1.807) is 0 Å². The van der Waals surface area contributed by atoms with Gasteiger partial charge in [0.15, 0.2) is 9.84 Å². The highest BCUT2D eigenvalue weighted by atomic mass is 35.5. The number of anilines is 1. The fraction of sp³-hybridized carbons (Fsp3) is 0.452. The summed E-state index contributed by atoms with van der Waals surface area (Å²) in [6.45, 7) is 0.991. The predicted octanol–water partition coefficient (Wildman–Crippen LogP) is 5.96. The molecule has 2 heterocycles. The molecule has 2 aromatic carbocycles. The van der Waals surface area contributed by atoms with Crippen molar-refractivity contribution in [1.82, 2.24) is 9.78 Å². The number of hydrogen-bond donors (Lipinski definition) is 0. The summed E-state index contributed by atoms with van der Waals surface area (Å²) < 4.78 is 25.6. The summed E-state index contributed by atoms with van der Waals surface area (Å²) >= 11 is 6.31. The quantitative estimate of drug-likeness (QED) is 0.344. The first kappa shape index (κ1) is 27.0. The monoisotopic (exact) mass is 576 g/mol. The molecular weight excluding hydrogens is 544 g/mol. The molecule has 0 spiro atoms. The van der Waals surface area contributed by atoms with E-state index in [1.165, 1.54) is 0 Å². The topological polar surface area (TPSA) is 96.1 Å². The van der Waals surface area contributed by atoms with Crippen LogP contribution in [0.4, 0.5) is 5.69 Å². The summed E-state index contributed by atoms with van der Waals surface area (Å²) in [5.41, 5.74) is 4.30. The van der Waals surface area contributed by atoms with E-state index in [-0.39, 0.29) is 29.1 Å². The third-order valence-electron chi connectivity index (χ3n) is 8.84. The minimum Gasteiger partial charge on any atom is -0.369 e. The standard InChI is InChI=1S/C31H33ClN4O3S/c32-23-4-3-5-25(18-23)36-20-28(22-8-10-24(11-9-22)35-14-16-40(38,39)17-15-35)30(34-36)27-7-2-1-6-26(27)29(37)19-31(21-33)12-13-31/h3-5,8-11,18,20,26-27H,1-2,6-7,12-17,19H2/t26-,27-/m1/s1. The maximum atomic E-state index is 13.6. The lowest BCUT2D eigenvalue weighted by Gasteiger charge is -2.31. The van der Waals surface area contributed by atoms with Crippen LogP contribution in [-0.4, -0.2) is 48.6 Å². The molecule has 9 heteroatoms. The molecule has 1 saturated heterocycles. The van der Waals surface area contributed by atoms with Gasteiger partial charge in [0, 0.05) is 53.8 Å². The molecule has 0 radical (unpaired) electrons. The number of carbonyl (C=O) groups is 1. The zero-order valence-electron chi connectivity index (χ0n) is 22.4. The van der Waals surface area contributed by atoms with Gasteiger partial charge in [-0.2, -0.15) is 10.4 Å². The molecular formula is C31H33ClN4O3S. The molecule has 3 aliphatic rings. The minimum atomic E-state index is -2.95. The Morgan fingerprint density at radius 3 is 2.45 bits per heavy atom. The molecule has 6 rings (SSSR count). The molecule has 2 saturated carbocycles. The van der Waals surface area contributed by atoms with E-state index in [0.717, 1.165) is 66.7 Å². The van der Waals surface area contributed by atoms with E-state index in [1.807, 2.05) is 47.3 Å². The van der Waals surface area contributed by atoms with Gasteiger partial charge in [-0.25, -0.2) is 13.1 Å². The van der Waals surface area contributed by atoms with Crippen molar-refractivity contribution in [2.24, 2.45) is 11.3 Å². The Kier molecular flexibility index (Phi) is 7.22. The largest absolute Gasteiger partial charge is 0.369 e. The molecule has 0 unspecified atom stereocenters.